The van der Waals surface area contributed by atoms with E-state index in [0.29, 0.717) is 24.7 Å². The number of amides is 1. The minimum absolute atomic E-state index is 0. The van der Waals surface area contributed by atoms with Crippen molar-refractivity contribution in [3.8, 4) is 5.75 Å². The lowest BCUT2D eigenvalue weighted by Crippen LogP contribution is -2.37. The molecule has 0 saturated heterocycles. The third kappa shape index (κ3) is 6.62. The van der Waals surface area contributed by atoms with Gasteiger partial charge in [-0.1, -0.05) is 25.7 Å². The average Bonchev–Trinajstić information content (AvgIpc) is 2.93. The van der Waals surface area contributed by atoms with E-state index in [-0.39, 0.29) is 29.0 Å². The third-order valence-corrected chi connectivity index (χ3v) is 6.72. The number of hydrogen-bond donors (Lipinski definition) is 2. The molecule has 0 spiro atoms. The number of hydrogen-bond acceptors (Lipinski definition) is 5. The molecule has 1 aromatic rings. The van der Waals surface area contributed by atoms with Crippen molar-refractivity contribution in [2.24, 2.45) is 0 Å². The number of nitrogens with zero attached hydrogens (tertiary/aromatic N) is 1. The molecule has 2 rings (SSSR count). The summed E-state index contributed by atoms with van der Waals surface area (Å²) in [5.74, 6) is -0.0780. The van der Waals surface area contributed by atoms with Crippen LogP contribution in [0.2, 0.25) is 0 Å². The normalized spacial score (nSPS) is 15.6. The van der Waals surface area contributed by atoms with E-state index in [1.807, 2.05) is 0 Å². The highest BCUT2D eigenvalue weighted by Gasteiger charge is 2.23. The smallest absolute Gasteiger partial charge is 0.251 e. The first-order valence-electron chi connectivity index (χ1n) is 9.48. The highest BCUT2D eigenvalue weighted by molar-refractivity contribution is 7.89. The number of rotatable bonds is 8. The van der Waals surface area contributed by atoms with Crippen molar-refractivity contribution in [1.82, 2.24) is 14.9 Å². The van der Waals surface area contributed by atoms with Crippen LogP contribution < -0.4 is 15.4 Å². The summed E-state index contributed by atoms with van der Waals surface area (Å²) in [6, 6.07) is 4.97. The summed E-state index contributed by atoms with van der Waals surface area (Å²) in [5.41, 5.74) is 0.297. The van der Waals surface area contributed by atoms with Crippen molar-refractivity contribution in [3.63, 3.8) is 0 Å². The monoisotopic (exact) mass is 433 g/mol. The van der Waals surface area contributed by atoms with Crippen LogP contribution in [0.3, 0.4) is 0 Å². The molecule has 0 aromatic heterocycles. The summed E-state index contributed by atoms with van der Waals surface area (Å²) in [5, 5.41) is 6.35. The molecule has 28 heavy (non-hydrogen) atoms. The van der Waals surface area contributed by atoms with Crippen LogP contribution in [0.25, 0.3) is 0 Å². The summed E-state index contributed by atoms with van der Waals surface area (Å²) in [7, 11) is 0.593. The van der Waals surface area contributed by atoms with E-state index in [0.717, 1.165) is 4.31 Å². The number of sulfonamides is 1. The van der Waals surface area contributed by atoms with Crippen LogP contribution in [0.5, 0.6) is 5.75 Å². The van der Waals surface area contributed by atoms with Crippen LogP contribution in [0.1, 0.15) is 48.9 Å². The Labute approximate surface area is 174 Å². The first-order valence-corrected chi connectivity index (χ1v) is 10.9. The standard InChI is InChI=1S/C19H31N3O4S.ClH/c1-22(2)27(24,25)18-14-15(10-11-17(18)26-3)19(23)21-13-12-20-16-8-6-4-5-7-9-16;/h10-11,14,16,20H,4-9,12-13H2,1-3H3,(H,21,23);1H. The van der Waals surface area contributed by atoms with Crippen molar-refractivity contribution in [2.45, 2.75) is 49.5 Å². The summed E-state index contributed by atoms with van der Waals surface area (Å²) >= 11 is 0. The molecule has 160 valence electrons. The van der Waals surface area contributed by atoms with Gasteiger partial charge in [0.1, 0.15) is 10.6 Å². The molecule has 0 unspecified atom stereocenters. The molecular formula is C19H32ClN3O4S. The summed E-state index contributed by atoms with van der Waals surface area (Å²) in [4.78, 5) is 12.4. The third-order valence-electron chi connectivity index (χ3n) is 4.88. The Hall–Kier alpha value is -1.35. The quantitative estimate of drug-likeness (QED) is 0.485. The number of ether oxygens (including phenoxy) is 1. The van der Waals surface area contributed by atoms with Crippen molar-refractivity contribution in [3.05, 3.63) is 23.8 Å². The molecule has 0 atom stereocenters. The Kier molecular flexibility index (Phi) is 10.2. The Morgan fingerprint density at radius 3 is 2.36 bits per heavy atom. The predicted molar refractivity (Wildman–Crippen MR) is 113 cm³/mol. The number of carbonyl (C=O) groups excluding carboxylic acids is 1. The summed E-state index contributed by atoms with van der Waals surface area (Å²) in [6.07, 6.45) is 7.53. The number of benzene rings is 1. The van der Waals surface area contributed by atoms with Gasteiger partial charge < -0.3 is 15.4 Å². The second kappa shape index (κ2) is 11.6. The minimum Gasteiger partial charge on any atom is -0.495 e. The maximum absolute atomic E-state index is 12.5. The van der Waals surface area contributed by atoms with Crippen molar-refractivity contribution < 1.29 is 17.9 Å². The first-order chi connectivity index (χ1) is 12.9. The first kappa shape index (κ1) is 24.7. The molecule has 0 radical (unpaired) electrons. The molecule has 7 nitrogen and oxygen atoms in total. The lowest BCUT2D eigenvalue weighted by molar-refractivity contribution is 0.0953. The summed E-state index contributed by atoms with van der Waals surface area (Å²) < 4.78 is 31.2. The average molecular weight is 434 g/mol. The minimum atomic E-state index is -3.70. The van der Waals surface area contributed by atoms with E-state index in [2.05, 4.69) is 10.6 Å². The second-order valence-corrected chi connectivity index (χ2v) is 9.17. The van der Waals surface area contributed by atoms with Gasteiger partial charge in [0.15, 0.2) is 0 Å². The maximum atomic E-state index is 12.5. The van der Waals surface area contributed by atoms with Gasteiger partial charge in [-0.3, -0.25) is 4.79 Å². The molecule has 0 bridgehead atoms. The fourth-order valence-corrected chi connectivity index (χ4v) is 4.33. The largest absolute Gasteiger partial charge is 0.495 e. The highest BCUT2D eigenvalue weighted by atomic mass is 35.5. The van der Waals surface area contributed by atoms with Crippen LogP contribution >= 0.6 is 12.4 Å². The van der Waals surface area contributed by atoms with E-state index >= 15 is 0 Å². The molecular weight excluding hydrogens is 402 g/mol. The van der Waals surface area contributed by atoms with Gasteiger partial charge in [0, 0.05) is 38.8 Å². The van der Waals surface area contributed by atoms with Crippen molar-refractivity contribution in [1.29, 1.82) is 0 Å². The van der Waals surface area contributed by atoms with Gasteiger partial charge in [0.25, 0.3) is 5.91 Å². The van der Waals surface area contributed by atoms with E-state index < -0.39 is 10.0 Å². The highest BCUT2D eigenvalue weighted by Crippen LogP contribution is 2.26. The Morgan fingerprint density at radius 2 is 1.79 bits per heavy atom. The fourth-order valence-electron chi connectivity index (χ4n) is 3.25. The zero-order chi connectivity index (χ0) is 19.9. The lowest BCUT2D eigenvalue weighted by atomic mass is 10.1. The van der Waals surface area contributed by atoms with Gasteiger partial charge in [0.2, 0.25) is 10.0 Å². The maximum Gasteiger partial charge on any atom is 0.251 e. The molecule has 1 fully saturated rings. The van der Waals surface area contributed by atoms with Gasteiger partial charge in [0.05, 0.1) is 7.11 Å². The van der Waals surface area contributed by atoms with E-state index in [1.165, 1.54) is 71.9 Å². The Morgan fingerprint density at radius 1 is 1.14 bits per heavy atom. The fraction of sp³-hybridized carbons (Fsp3) is 0.632. The van der Waals surface area contributed by atoms with Crippen molar-refractivity contribution in [2.75, 3.05) is 34.3 Å². The number of halogens is 1. The van der Waals surface area contributed by atoms with Gasteiger partial charge in [-0.05, 0) is 31.0 Å². The van der Waals surface area contributed by atoms with Gasteiger partial charge in [-0.25, -0.2) is 12.7 Å². The number of methoxy groups -OCH3 is 1. The second-order valence-electron chi connectivity index (χ2n) is 7.05. The molecule has 1 aliphatic carbocycles. The zero-order valence-corrected chi connectivity index (χ0v) is 18.5. The zero-order valence-electron chi connectivity index (χ0n) is 16.9. The predicted octanol–water partition coefficient (Wildman–Crippen LogP) is 2.41. The van der Waals surface area contributed by atoms with E-state index in [1.54, 1.807) is 6.07 Å². The molecule has 0 heterocycles. The Balaban J connectivity index is 0.00000392. The van der Waals surface area contributed by atoms with E-state index in [9.17, 15) is 13.2 Å². The molecule has 2 N–H and O–H groups in total. The van der Waals surface area contributed by atoms with Crippen LogP contribution in [0.15, 0.2) is 23.1 Å². The van der Waals surface area contributed by atoms with Gasteiger partial charge >= 0.3 is 0 Å². The van der Waals surface area contributed by atoms with Crippen LogP contribution in [-0.4, -0.2) is 59.0 Å². The van der Waals surface area contributed by atoms with Gasteiger partial charge in [-0.2, -0.15) is 0 Å². The molecule has 0 aliphatic heterocycles. The molecule has 1 amide bonds. The van der Waals surface area contributed by atoms with Crippen LogP contribution in [-0.2, 0) is 10.0 Å². The summed E-state index contributed by atoms with van der Waals surface area (Å²) in [6.45, 7) is 1.20. The molecule has 9 heteroatoms. The van der Waals surface area contributed by atoms with Crippen molar-refractivity contribution >= 4 is 28.3 Å². The lowest BCUT2D eigenvalue weighted by Gasteiger charge is -2.17. The SMILES string of the molecule is COc1ccc(C(=O)NCCNC2CCCCCC2)cc1S(=O)(=O)N(C)C.Cl. The number of carbonyl (C=O) groups is 1. The molecule has 1 aliphatic rings. The number of nitrogens with one attached hydrogen (secondary N) is 2. The molecule has 1 aromatic carbocycles. The molecule has 1 saturated carbocycles. The van der Waals surface area contributed by atoms with E-state index in [4.69, 9.17) is 4.74 Å². The Bertz CT molecular complexity index is 733. The van der Waals surface area contributed by atoms with Crippen LogP contribution in [0.4, 0.5) is 0 Å². The van der Waals surface area contributed by atoms with Gasteiger partial charge in [-0.15, -0.1) is 12.4 Å². The van der Waals surface area contributed by atoms with Crippen LogP contribution in [0, 0.1) is 0 Å². The topological polar surface area (TPSA) is 87.7 Å².